The van der Waals surface area contributed by atoms with Crippen LogP contribution in [-0.4, -0.2) is 14.3 Å². The zero-order chi connectivity index (χ0) is 19.6. The topological polar surface area (TPSA) is 75.3 Å². The van der Waals surface area contributed by atoms with Crippen molar-refractivity contribution < 1.29 is 13.2 Å². The maximum Gasteiger partial charge on any atom is 0.266 e. The van der Waals surface area contributed by atoms with Gasteiger partial charge in [-0.25, -0.2) is 8.42 Å². The zero-order valence-electron chi connectivity index (χ0n) is 14.6. The Morgan fingerprint density at radius 1 is 1.04 bits per heavy atom. The van der Waals surface area contributed by atoms with Crippen LogP contribution in [0.4, 0.5) is 11.4 Å². The molecule has 0 bridgehead atoms. The van der Waals surface area contributed by atoms with Gasteiger partial charge < -0.3 is 5.32 Å². The number of halogens is 1. The quantitative estimate of drug-likeness (QED) is 0.472. The molecule has 0 fully saturated rings. The molecule has 0 aliphatic heterocycles. The zero-order valence-corrected chi connectivity index (χ0v) is 18.4. The van der Waals surface area contributed by atoms with Crippen LogP contribution in [0.3, 0.4) is 0 Å². The van der Waals surface area contributed by atoms with Gasteiger partial charge in [0.2, 0.25) is 0 Å². The molecule has 27 heavy (non-hydrogen) atoms. The number of nitrogens with one attached hydrogen (secondary N) is 2. The number of anilines is 2. The third-order valence-electron chi connectivity index (χ3n) is 3.84. The number of carbonyl (C=O) groups excluding carboxylic acids is 1. The number of hydrogen-bond acceptors (Lipinski definition) is 4. The van der Waals surface area contributed by atoms with Gasteiger partial charge in [-0.15, -0.1) is 11.3 Å². The van der Waals surface area contributed by atoms with E-state index in [1.165, 1.54) is 11.3 Å². The van der Waals surface area contributed by atoms with Crippen molar-refractivity contribution >= 4 is 61.2 Å². The first-order valence-corrected chi connectivity index (χ1v) is 11.4. The molecule has 1 amide bonds. The molecule has 1 heterocycles. The summed E-state index contributed by atoms with van der Waals surface area (Å²) in [5.74, 6) is -0.322. The fourth-order valence-corrected chi connectivity index (χ4v) is 4.95. The van der Waals surface area contributed by atoms with E-state index in [1.54, 1.807) is 37.3 Å². The van der Waals surface area contributed by atoms with Gasteiger partial charge in [0.1, 0.15) is 4.90 Å². The van der Waals surface area contributed by atoms with Crippen molar-refractivity contribution in [3.63, 3.8) is 0 Å². The maximum absolute atomic E-state index is 12.9. The van der Waals surface area contributed by atoms with Crippen molar-refractivity contribution in [3.8, 4) is 0 Å². The minimum atomic E-state index is -3.87. The minimum absolute atomic E-state index is 0.0311. The maximum atomic E-state index is 12.9. The number of thiophene rings is 1. The third kappa shape index (κ3) is 4.69. The Kier molecular flexibility index (Phi) is 5.87. The molecule has 2 aromatic carbocycles. The van der Waals surface area contributed by atoms with Crippen molar-refractivity contribution in [2.45, 2.75) is 18.7 Å². The van der Waals surface area contributed by atoms with Crippen LogP contribution in [0.2, 0.25) is 0 Å². The van der Waals surface area contributed by atoms with E-state index in [1.807, 2.05) is 30.5 Å². The highest BCUT2D eigenvalue weighted by atomic mass is 127. The molecule has 3 rings (SSSR count). The van der Waals surface area contributed by atoms with E-state index in [9.17, 15) is 13.2 Å². The molecule has 2 N–H and O–H groups in total. The summed E-state index contributed by atoms with van der Waals surface area (Å²) in [6, 6.07) is 13.8. The molecule has 0 radical (unpaired) electrons. The second-order valence-corrected chi connectivity index (χ2v) is 9.81. The molecular weight excluding hydrogens is 495 g/mol. The Balaban J connectivity index is 1.94. The second-order valence-electron chi connectivity index (χ2n) is 6.00. The number of sulfonamides is 1. The van der Waals surface area contributed by atoms with Crippen LogP contribution >= 0.6 is 33.9 Å². The summed E-state index contributed by atoms with van der Waals surface area (Å²) in [6.07, 6.45) is 0. The Bertz CT molecular complexity index is 1090. The van der Waals surface area contributed by atoms with E-state index in [0.29, 0.717) is 10.6 Å². The lowest BCUT2D eigenvalue weighted by atomic mass is 10.2. The van der Waals surface area contributed by atoms with Crippen LogP contribution < -0.4 is 10.0 Å². The van der Waals surface area contributed by atoms with E-state index >= 15 is 0 Å². The van der Waals surface area contributed by atoms with Gasteiger partial charge in [-0.3, -0.25) is 9.52 Å². The van der Waals surface area contributed by atoms with Gasteiger partial charge in [-0.05, 0) is 95.4 Å². The van der Waals surface area contributed by atoms with E-state index in [2.05, 4.69) is 32.6 Å². The predicted molar refractivity (Wildman–Crippen MR) is 118 cm³/mol. The number of hydrogen-bond donors (Lipinski definition) is 2. The lowest BCUT2D eigenvalue weighted by Gasteiger charge is -2.14. The van der Waals surface area contributed by atoms with Gasteiger partial charge in [0, 0.05) is 9.26 Å². The SMILES string of the molecule is Cc1ccc(NC(=O)c2sccc2C)c(S(=O)(=O)Nc2ccc(I)cc2)c1. The Morgan fingerprint density at radius 2 is 1.74 bits per heavy atom. The molecule has 8 heteroatoms. The summed E-state index contributed by atoms with van der Waals surface area (Å²) >= 11 is 3.47. The lowest BCUT2D eigenvalue weighted by Crippen LogP contribution is -2.18. The first-order chi connectivity index (χ1) is 12.8. The van der Waals surface area contributed by atoms with Crippen LogP contribution in [0.1, 0.15) is 20.8 Å². The number of amides is 1. The average Bonchev–Trinajstić information content (AvgIpc) is 3.04. The van der Waals surface area contributed by atoms with Gasteiger partial charge in [-0.1, -0.05) is 6.07 Å². The summed E-state index contributed by atoms with van der Waals surface area (Å²) in [5.41, 5.74) is 2.34. The largest absolute Gasteiger partial charge is 0.320 e. The summed E-state index contributed by atoms with van der Waals surface area (Å²) in [4.78, 5) is 13.1. The van der Waals surface area contributed by atoms with Crippen LogP contribution in [0.15, 0.2) is 58.8 Å². The highest BCUT2D eigenvalue weighted by Gasteiger charge is 2.21. The fourth-order valence-electron chi connectivity index (χ4n) is 2.47. The van der Waals surface area contributed by atoms with E-state index in [4.69, 9.17) is 0 Å². The lowest BCUT2D eigenvalue weighted by molar-refractivity contribution is 0.103. The first-order valence-electron chi connectivity index (χ1n) is 8.01. The van der Waals surface area contributed by atoms with Crippen molar-refractivity contribution in [1.82, 2.24) is 0 Å². The minimum Gasteiger partial charge on any atom is -0.320 e. The fraction of sp³-hybridized carbons (Fsp3) is 0.105. The predicted octanol–water partition coefficient (Wildman–Crippen LogP) is 5.02. The number of carbonyl (C=O) groups is 1. The van der Waals surface area contributed by atoms with Gasteiger partial charge in [-0.2, -0.15) is 0 Å². The standard InChI is InChI=1S/C19H17IN2O3S2/c1-12-3-8-16(21-19(23)18-13(2)9-10-26-18)17(11-12)27(24,25)22-15-6-4-14(20)5-7-15/h3-11,22H,1-2H3,(H,21,23). The highest BCUT2D eigenvalue weighted by molar-refractivity contribution is 14.1. The van der Waals surface area contributed by atoms with Crippen LogP contribution in [-0.2, 0) is 10.0 Å². The number of aryl methyl sites for hydroxylation is 2. The Morgan fingerprint density at radius 3 is 2.37 bits per heavy atom. The van der Waals surface area contributed by atoms with Crippen molar-refractivity contribution in [3.05, 3.63) is 73.5 Å². The smallest absolute Gasteiger partial charge is 0.266 e. The summed E-state index contributed by atoms with van der Waals surface area (Å²) < 4.78 is 29.4. The van der Waals surface area contributed by atoms with E-state index in [0.717, 1.165) is 14.7 Å². The van der Waals surface area contributed by atoms with Crippen LogP contribution in [0.25, 0.3) is 0 Å². The second kappa shape index (κ2) is 7.99. The summed E-state index contributed by atoms with van der Waals surface area (Å²) in [5, 5.41) is 4.56. The molecular formula is C19H17IN2O3S2. The first kappa shape index (κ1) is 19.8. The van der Waals surface area contributed by atoms with E-state index in [-0.39, 0.29) is 16.5 Å². The van der Waals surface area contributed by atoms with Crippen molar-refractivity contribution in [2.24, 2.45) is 0 Å². The highest BCUT2D eigenvalue weighted by Crippen LogP contribution is 2.27. The molecule has 5 nitrogen and oxygen atoms in total. The summed E-state index contributed by atoms with van der Waals surface area (Å²) in [6.45, 7) is 3.65. The molecule has 0 aliphatic rings. The Hall–Kier alpha value is -1.91. The third-order valence-corrected chi connectivity index (χ3v) is 7.00. The molecule has 0 aliphatic carbocycles. The Labute approximate surface area is 176 Å². The normalized spacial score (nSPS) is 11.2. The molecule has 140 valence electrons. The number of rotatable bonds is 5. The summed E-state index contributed by atoms with van der Waals surface area (Å²) in [7, 11) is -3.87. The average molecular weight is 512 g/mol. The van der Waals surface area contributed by atoms with Gasteiger partial charge in [0.15, 0.2) is 0 Å². The molecule has 1 aromatic heterocycles. The molecule has 0 saturated carbocycles. The van der Waals surface area contributed by atoms with Crippen molar-refractivity contribution in [2.75, 3.05) is 10.0 Å². The van der Waals surface area contributed by atoms with Crippen molar-refractivity contribution in [1.29, 1.82) is 0 Å². The molecule has 3 aromatic rings. The molecule has 0 saturated heterocycles. The molecule has 0 unspecified atom stereocenters. The molecule has 0 atom stereocenters. The van der Waals surface area contributed by atoms with Gasteiger partial charge >= 0.3 is 0 Å². The molecule has 0 spiro atoms. The van der Waals surface area contributed by atoms with Crippen LogP contribution in [0, 0.1) is 17.4 Å². The number of benzene rings is 2. The van der Waals surface area contributed by atoms with Gasteiger partial charge in [0.25, 0.3) is 15.9 Å². The van der Waals surface area contributed by atoms with E-state index < -0.39 is 10.0 Å². The monoisotopic (exact) mass is 512 g/mol. The van der Waals surface area contributed by atoms with Gasteiger partial charge in [0.05, 0.1) is 10.6 Å². The van der Waals surface area contributed by atoms with Crippen LogP contribution in [0.5, 0.6) is 0 Å².